The fourth-order valence-electron chi connectivity index (χ4n) is 3.30. The summed E-state index contributed by atoms with van der Waals surface area (Å²) >= 11 is 3.39. The molecule has 0 aromatic heterocycles. The first kappa shape index (κ1) is 29.0. The van der Waals surface area contributed by atoms with E-state index in [-0.39, 0.29) is 29.7 Å². The number of benzene rings is 3. The number of methoxy groups -OCH3 is 1. The number of carbonyl (C=O) groups excluding carboxylic acids is 2. The third kappa shape index (κ3) is 7.64. The van der Waals surface area contributed by atoms with Gasteiger partial charge in [-0.25, -0.2) is 13.6 Å². The number of ether oxygens (including phenoxy) is 1. The molecule has 8 nitrogen and oxygen atoms in total. The Hall–Kier alpha value is -3.21. The fourth-order valence-corrected chi connectivity index (χ4v) is 4.57. The monoisotopic (exact) mass is 575 g/mol. The Morgan fingerprint density at radius 2 is 1.67 bits per heavy atom. The van der Waals surface area contributed by atoms with Crippen LogP contribution in [-0.4, -0.2) is 33.9 Å². The zero-order valence-electron chi connectivity index (χ0n) is 20.6. The minimum absolute atomic E-state index is 0.0114. The van der Waals surface area contributed by atoms with Crippen molar-refractivity contribution in [3.63, 3.8) is 0 Å². The second-order valence-corrected chi connectivity index (χ2v) is 9.86. The lowest BCUT2D eigenvalue weighted by atomic mass is 10.0. The van der Waals surface area contributed by atoms with E-state index in [1.165, 1.54) is 6.07 Å². The Labute approximate surface area is 220 Å². The second-order valence-electron chi connectivity index (χ2n) is 7.47. The van der Waals surface area contributed by atoms with Crippen LogP contribution in [0.2, 0.25) is 0 Å². The van der Waals surface area contributed by atoms with Crippen molar-refractivity contribution in [2.75, 3.05) is 19.0 Å². The summed E-state index contributed by atoms with van der Waals surface area (Å²) in [5.74, 6) is 0.0831. The SMILES string of the molecule is CC.COc1cc(C)c(NC(=O)CCNC(=O)c2ccc(-c3ccccc3S(N)(=O)=O)cc2)cc1Br. The standard InChI is InChI=1S/C24H24BrN3O5S.C2H6/c1-15-13-21(33-2)19(25)14-20(15)28-23(29)11-12-27-24(30)17-9-7-16(8-10-17)18-5-3-4-6-22(18)34(26,31)32;1-2/h3-10,13-14H,11-12H2,1-2H3,(H,27,30)(H,28,29)(H2,26,31,32);1-2H3. The molecule has 2 amide bonds. The van der Waals surface area contributed by atoms with E-state index >= 15 is 0 Å². The Balaban J connectivity index is 0.00000222. The zero-order chi connectivity index (χ0) is 26.9. The van der Waals surface area contributed by atoms with Crippen LogP contribution >= 0.6 is 15.9 Å². The molecule has 0 bridgehead atoms. The number of nitrogens with two attached hydrogens (primary N) is 1. The minimum Gasteiger partial charge on any atom is -0.496 e. The number of amides is 2. The molecule has 0 aliphatic rings. The molecule has 10 heteroatoms. The van der Waals surface area contributed by atoms with Gasteiger partial charge in [-0.3, -0.25) is 9.59 Å². The predicted octanol–water partition coefficient (Wildman–Crippen LogP) is 4.87. The van der Waals surface area contributed by atoms with Crippen molar-refractivity contribution in [3.05, 3.63) is 76.3 Å². The summed E-state index contributed by atoms with van der Waals surface area (Å²) in [6.07, 6.45) is 0.0919. The van der Waals surface area contributed by atoms with Crippen molar-refractivity contribution in [1.82, 2.24) is 5.32 Å². The minimum atomic E-state index is -3.89. The molecule has 0 spiro atoms. The topological polar surface area (TPSA) is 128 Å². The van der Waals surface area contributed by atoms with Gasteiger partial charge >= 0.3 is 0 Å². The van der Waals surface area contributed by atoms with Crippen LogP contribution in [0.3, 0.4) is 0 Å². The number of primary sulfonamides is 1. The number of aryl methyl sites for hydroxylation is 1. The molecule has 0 aliphatic heterocycles. The van der Waals surface area contributed by atoms with Gasteiger partial charge in [-0.2, -0.15) is 0 Å². The average Bonchev–Trinajstić information content (AvgIpc) is 2.86. The van der Waals surface area contributed by atoms with Crippen LogP contribution in [0.4, 0.5) is 5.69 Å². The van der Waals surface area contributed by atoms with Crippen LogP contribution in [0.1, 0.15) is 36.2 Å². The molecular formula is C26H30BrN3O5S. The number of nitrogens with one attached hydrogen (secondary N) is 2. The molecular weight excluding hydrogens is 546 g/mol. The van der Waals surface area contributed by atoms with E-state index in [0.29, 0.717) is 28.1 Å². The highest BCUT2D eigenvalue weighted by molar-refractivity contribution is 9.10. The van der Waals surface area contributed by atoms with Crippen molar-refractivity contribution in [3.8, 4) is 16.9 Å². The highest BCUT2D eigenvalue weighted by Crippen LogP contribution is 2.31. The van der Waals surface area contributed by atoms with Crippen molar-refractivity contribution in [2.24, 2.45) is 5.14 Å². The lowest BCUT2D eigenvalue weighted by Crippen LogP contribution is -2.27. The Morgan fingerprint density at radius 1 is 1.03 bits per heavy atom. The van der Waals surface area contributed by atoms with E-state index in [0.717, 1.165) is 10.0 Å². The first-order valence-electron chi connectivity index (χ1n) is 11.2. The second kappa shape index (κ2) is 13.2. The molecule has 192 valence electrons. The smallest absolute Gasteiger partial charge is 0.251 e. The van der Waals surface area contributed by atoms with Crippen LogP contribution < -0.4 is 20.5 Å². The van der Waals surface area contributed by atoms with Gasteiger partial charge in [0.15, 0.2) is 0 Å². The summed E-state index contributed by atoms with van der Waals surface area (Å²) in [6, 6.07) is 16.4. The van der Waals surface area contributed by atoms with Gasteiger partial charge in [-0.1, -0.05) is 44.2 Å². The maximum absolute atomic E-state index is 12.4. The molecule has 0 aliphatic carbocycles. The number of halogens is 1. The molecule has 0 atom stereocenters. The summed E-state index contributed by atoms with van der Waals surface area (Å²) in [6.45, 7) is 6.01. The molecule has 4 N–H and O–H groups in total. The van der Waals surface area contributed by atoms with E-state index < -0.39 is 10.0 Å². The number of sulfonamides is 1. The average molecular weight is 577 g/mol. The molecule has 36 heavy (non-hydrogen) atoms. The summed E-state index contributed by atoms with van der Waals surface area (Å²) in [7, 11) is -2.32. The highest BCUT2D eigenvalue weighted by atomic mass is 79.9. The van der Waals surface area contributed by atoms with Crippen LogP contribution in [0.15, 0.2) is 70.0 Å². The van der Waals surface area contributed by atoms with Crippen LogP contribution in [0.5, 0.6) is 5.75 Å². The predicted molar refractivity (Wildman–Crippen MR) is 146 cm³/mol. The molecule has 0 saturated carbocycles. The normalized spacial score (nSPS) is 10.6. The number of hydrogen-bond donors (Lipinski definition) is 3. The third-order valence-corrected chi connectivity index (χ3v) is 6.65. The van der Waals surface area contributed by atoms with E-state index in [1.54, 1.807) is 55.6 Å². The van der Waals surface area contributed by atoms with Gasteiger partial charge in [0.25, 0.3) is 5.91 Å². The number of rotatable bonds is 8. The summed E-state index contributed by atoms with van der Waals surface area (Å²) < 4.78 is 29.6. The third-order valence-electron chi connectivity index (χ3n) is 5.06. The van der Waals surface area contributed by atoms with Crippen molar-refractivity contribution < 1.29 is 22.7 Å². The fraction of sp³-hybridized carbons (Fsp3) is 0.231. The largest absolute Gasteiger partial charge is 0.496 e. The van der Waals surface area contributed by atoms with E-state index in [1.807, 2.05) is 26.8 Å². The van der Waals surface area contributed by atoms with Gasteiger partial charge in [0, 0.05) is 29.8 Å². The molecule has 0 radical (unpaired) electrons. The number of anilines is 1. The van der Waals surface area contributed by atoms with Gasteiger partial charge in [0.1, 0.15) is 5.75 Å². The lowest BCUT2D eigenvalue weighted by molar-refractivity contribution is -0.116. The van der Waals surface area contributed by atoms with Crippen molar-refractivity contribution in [1.29, 1.82) is 0 Å². The lowest BCUT2D eigenvalue weighted by Gasteiger charge is -2.12. The van der Waals surface area contributed by atoms with Gasteiger partial charge in [-0.05, 0) is 64.3 Å². The maximum Gasteiger partial charge on any atom is 0.251 e. The highest BCUT2D eigenvalue weighted by Gasteiger charge is 2.15. The van der Waals surface area contributed by atoms with Crippen molar-refractivity contribution in [2.45, 2.75) is 32.1 Å². The molecule has 3 rings (SSSR count). The van der Waals surface area contributed by atoms with Gasteiger partial charge in [0.2, 0.25) is 15.9 Å². The molecule has 0 fully saturated rings. The van der Waals surface area contributed by atoms with E-state index in [9.17, 15) is 18.0 Å². The summed E-state index contributed by atoms with van der Waals surface area (Å²) in [4.78, 5) is 24.8. The first-order valence-corrected chi connectivity index (χ1v) is 13.6. The number of hydrogen-bond acceptors (Lipinski definition) is 5. The Kier molecular flexibility index (Phi) is 10.6. The van der Waals surface area contributed by atoms with Crippen LogP contribution in [0.25, 0.3) is 11.1 Å². The van der Waals surface area contributed by atoms with E-state index in [4.69, 9.17) is 9.88 Å². The first-order chi connectivity index (χ1) is 17.1. The summed E-state index contributed by atoms with van der Waals surface area (Å²) in [5, 5.41) is 10.8. The molecule has 0 unspecified atom stereocenters. The quantitative estimate of drug-likeness (QED) is 0.353. The van der Waals surface area contributed by atoms with Crippen LogP contribution in [-0.2, 0) is 14.8 Å². The van der Waals surface area contributed by atoms with E-state index in [2.05, 4.69) is 26.6 Å². The molecule has 0 heterocycles. The van der Waals surface area contributed by atoms with Crippen LogP contribution in [0, 0.1) is 6.92 Å². The van der Waals surface area contributed by atoms with Gasteiger partial charge in [-0.15, -0.1) is 0 Å². The molecule has 3 aromatic rings. The van der Waals surface area contributed by atoms with Gasteiger partial charge in [0.05, 0.1) is 16.5 Å². The zero-order valence-corrected chi connectivity index (χ0v) is 23.0. The van der Waals surface area contributed by atoms with Gasteiger partial charge < -0.3 is 15.4 Å². The Bertz CT molecular complexity index is 1330. The molecule has 3 aromatic carbocycles. The maximum atomic E-state index is 12.4. The Morgan fingerprint density at radius 3 is 2.28 bits per heavy atom. The molecule has 0 saturated heterocycles. The summed E-state index contributed by atoms with van der Waals surface area (Å²) in [5.41, 5.74) is 2.95. The van der Waals surface area contributed by atoms with Crippen molar-refractivity contribution >= 4 is 43.5 Å². The number of carbonyl (C=O) groups is 2.